The van der Waals surface area contributed by atoms with Gasteiger partial charge in [-0.3, -0.25) is 15.1 Å². The van der Waals surface area contributed by atoms with Crippen molar-refractivity contribution in [3.63, 3.8) is 0 Å². The molecule has 1 aromatic carbocycles. The Morgan fingerprint density at radius 3 is 2.38 bits per heavy atom. The number of amides is 1. The van der Waals surface area contributed by atoms with Gasteiger partial charge in [0.25, 0.3) is 11.5 Å². The van der Waals surface area contributed by atoms with E-state index in [1.165, 1.54) is 17.1 Å². The monoisotopic (exact) mass is 438 g/mol. The average Bonchev–Trinajstić information content (AvgIpc) is 2.81. The number of rotatable bonds is 10. The first-order valence-electron chi connectivity index (χ1n) is 10.3. The molecule has 1 N–H and O–H groups in total. The zero-order valence-electron chi connectivity index (χ0n) is 18.1. The van der Waals surface area contributed by atoms with Crippen molar-refractivity contribution in [3.8, 4) is 0 Å². The van der Waals surface area contributed by atoms with Crippen LogP contribution in [-0.2, 0) is 33.1 Å². The summed E-state index contributed by atoms with van der Waals surface area (Å²) in [5.74, 6) is -1.46. The summed E-state index contributed by atoms with van der Waals surface area (Å²) in [7, 11) is 0. The van der Waals surface area contributed by atoms with Gasteiger partial charge in [0.15, 0.2) is 0 Å². The highest BCUT2D eigenvalue weighted by Crippen LogP contribution is 2.24. The van der Waals surface area contributed by atoms with E-state index in [2.05, 4.69) is 15.3 Å². The maximum absolute atomic E-state index is 13.2. The zero-order valence-corrected chi connectivity index (χ0v) is 18.1. The molecule has 3 aromatic rings. The number of benzene rings is 1. The molecule has 168 valence electrons. The number of nitrogens with zero attached hydrogens (tertiary/aromatic N) is 3. The van der Waals surface area contributed by atoms with Crippen LogP contribution in [0.25, 0.3) is 0 Å². The molecule has 0 saturated heterocycles. The Labute approximate surface area is 186 Å². The zero-order chi connectivity index (χ0) is 22.8. The van der Waals surface area contributed by atoms with Gasteiger partial charge in [0, 0.05) is 32.0 Å². The highest BCUT2D eigenvalue weighted by Gasteiger charge is 2.36. The predicted octanol–water partition coefficient (Wildman–Crippen LogP) is 3.31. The molecule has 1 amide bonds. The first-order chi connectivity index (χ1) is 15.6. The lowest BCUT2D eigenvalue weighted by atomic mass is 10.1. The lowest BCUT2D eigenvalue weighted by molar-refractivity contribution is -0.292. The van der Waals surface area contributed by atoms with Crippen LogP contribution in [-0.4, -0.2) is 33.8 Å². The maximum atomic E-state index is 13.2. The highest BCUT2D eigenvalue weighted by molar-refractivity contribution is 5.83. The summed E-state index contributed by atoms with van der Waals surface area (Å²) in [6, 6.07) is 12.9. The molecule has 0 aliphatic rings. The first kappa shape index (κ1) is 23.1. The lowest BCUT2D eigenvalue weighted by Gasteiger charge is -2.34. The molecule has 0 aliphatic heterocycles. The molecule has 0 aliphatic carbocycles. The Bertz CT molecular complexity index is 1050. The van der Waals surface area contributed by atoms with E-state index in [-0.39, 0.29) is 31.9 Å². The van der Waals surface area contributed by atoms with Crippen LogP contribution in [0.5, 0.6) is 0 Å². The molecule has 2 aromatic heterocycles. The van der Waals surface area contributed by atoms with E-state index in [9.17, 15) is 9.59 Å². The van der Waals surface area contributed by atoms with Crippen molar-refractivity contribution in [2.24, 2.45) is 0 Å². The Morgan fingerprint density at radius 2 is 1.72 bits per heavy atom. The molecule has 0 radical (unpaired) electrons. The van der Waals surface area contributed by atoms with Gasteiger partial charge in [-0.1, -0.05) is 36.4 Å². The number of carbonyl (C=O) groups is 1. The van der Waals surface area contributed by atoms with E-state index in [4.69, 9.17) is 14.2 Å². The minimum atomic E-state index is -1.46. The summed E-state index contributed by atoms with van der Waals surface area (Å²) in [6.07, 6.45) is 5.36. The summed E-state index contributed by atoms with van der Waals surface area (Å²) < 4.78 is 18.3. The average molecular weight is 438 g/mol. The third-order valence-electron chi connectivity index (χ3n) is 4.54. The van der Waals surface area contributed by atoms with E-state index in [0.29, 0.717) is 0 Å². The smallest absolute Gasteiger partial charge is 0.412 e. The molecule has 0 unspecified atom stereocenters. The maximum Gasteiger partial charge on any atom is 0.412 e. The van der Waals surface area contributed by atoms with Crippen molar-refractivity contribution >= 4 is 11.8 Å². The summed E-state index contributed by atoms with van der Waals surface area (Å²) in [4.78, 5) is 33.7. The summed E-state index contributed by atoms with van der Waals surface area (Å²) in [5, 5.41) is 2.46. The van der Waals surface area contributed by atoms with Crippen LogP contribution in [0.1, 0.15) is 25.0 Å². The number of anilines is 1. The van der Waals surface area contributed by atoms with Crippen LogP contribution in [0.3, 0.4) is 0 Å². The number of aromatic nitrogens is 3. The Balaban J connectivity index is 1.85. The quantitative estimate of drug-likeness (QED) is 0.484. The molecule has 9 heteroatoms. The summed E-state index contributed by atoms with van der Waals surface area (Å²) in [5.41, 5.74) is 1.04. The molecular weight excluding hydrogens is 412 g/mol. The molecule has 9 nitrogen and oxygen atoms in total. The molecule has 32 heavy (non-hydrogen) atoms. The molecule has 0 bridgehead atoms. The van der Waals surface area contributed by atoms with E-state index < -0.39 is 17.6 Å². The number of ether oxygens (including phenoxy) is 3. The fraction of sp³-hybridized carbons (Fsp3) is 0.304. The van der Waals surface area contributed by atoms with E-state index in [1.54, 1.807) is 32.3 Å². The van der Waals surface area contributed by atoms with E-state index in [1.807, 2.05) is 36.4 Å². The van der Waals surface area contributed by atoms with E-state index >= 15 is 0 Å². The van der Waals surface area contributed by atoms with Gasteiger partial charge in [-0.25, -0.2) is 14.3 Å². The predicted molar refractivity (Wildman–Crippen MR) is 118 cm³/mol. The fourth-order valence-electron chi connectivity index (χ4n) is 3.19. The summed E-state index contributed by atoms with van der Waals surface area (Å²) in [6.45, 7) is 4.24. The molecule has 0 spiro atoms. The van der Waals surface area contributed by atoms with Crippen molar-refractivity contribution in [1.29, 1.82) is 0 Å². The van der Waals surface area contributed by atoms with Crippen molar-refractivity contribution < 1.29 is 19.0 Å². The highest BCUT2D eigenvalue weighted by atomic mass is 16.7. The largest absolute Gasteiger partial charge is 0.444 e. The van der Waals surface area contributed by atoms with Gasteiger partial charge in [0.2, 0.25) is 0 Å². The Morgan fingerprint density at radius 1 is 1.00 bits per heavy atom. The van der Waals surface area contributed by atoms with Crippen LogP contribution in [0, 0.1) is 0 Å². The summed E-state index contributed by atoms with van der Waals surface area (Å²) >= 11 is 0. The van der Waals surface area contributed by atoms with Gasteiger partial charge < -0.3 is 14.2 Å². The number of hydrogen-bond acceptors (Lipinski definition) is 7. The third-order valence-corrected chi connectivity index (χ3v) is 4.54. The molecule has 3 rings (SSSR count). The minimum Gasteiger partial charge on any atom is -0.444 e. The standard InChI is InChI=1S/C23H26N4O5/c1-3-31-23(32-4-2,13-19-11-8-12-24-14-19)27-17-25-15-20(21(27)28)26-22(29)30-16-18-9-6-5-7-10-18/h5-12,14-15,17H,3-4,13,16H2,1-2H3,(H,26,29). The van der Waals surface area contributed by atoms with Gasteiger partial charge in [-0.15, -0.1) is 0 Å². The van der Waals surface area contributed by atoms with Gasteiger partial charge >= 0.3 is 6.09 Å². The second-order valence-corrected chi connectivity index (χ2v) is 6.79. The van der Waals surface area contributed by atoms with Crippen LogP contribution in [0.2, 0.25) is 0 Å². The number of carbonyl (C=O) groups excluding carboxylic acids is 1. The van der Waals surface area contributed by atoms with Crippen LogP contribution in [0.4, 0.5) is 10.5 Å². The van der Waals surface area contributed by atoms with Crippen LogP contribution in [0.15, 0.2) is 72.2 Å². The van der Waals surface area contributed by atoms with Gasteiger partial charge in [-0.2, -0.15) is 0 Å². The van der Waals surface area contributed by atoms with Crippen molar-refractivity contribution in [1.82, 2.24) is 14.5 Å². The fourth-order valence-corrected chi connectivity index (χ4v) is 3.19. The van der Waals surface area contributed by atoms with Crippen molar-refractivity contribution in [2.75, 3.05) is 18.5 Å². The van der Waals surface area contributed by atoms with Gasteiger partial charge in [0.1, 0.15) is 18.6 Å². The third kappa shape index (κ3) is 5.77. The van der Waals surface area contributed by atoms with E-state index in [0.717, 1.165) is 11.1 Å². The van der Waals surface area contributed by atoms with Gasteiger partial charge in [-0.05, 0) is 31.0 Å². The lowest BCUT2D eigenvalue weighted by Crippen LogP contribution is -2.48. The Hall–Kier alpha value is -3.56. The molecular formula is C23H26N4O5. The minimum absolute atomic E-state index is 0.0551. The topological polar surface area (TPSA) is 105 Å². The van der Waals surface area contributed by atoms with Crippen molar-refractivity contribution in [3.05, 3.63) is 88.9 Å². The van der Waals surface area contributed by atoms with Gasteiger partial charge in [0.05, 0.1) is 6.20 Å². The van der Waals surface area contributed by atoms with Crippen LogP contribution < -0.4 is 10.9 Å². The normalized spacial score (nSPS) is 11.2. The number of hydrogen-bond donors (Lipinski definition) is 1. The molecule has 0 atom stereocenters. The second kappa shape index (κ2) is 11.2. The first-order valence-corrected chi connectivity index (χ1v) is 10.3. The molecule has 2 heterocycles. The Kier molecular flexibility index (Phi) is 8.07. The van der Waals surface area contributed by atoms with Crippen LogP contribution >= 0.6 is 0 Å². The molecule has 0 fully saturated rings. The second-order valence-electron chi connectivity index (χ2n) is 6.79. The number of nitrogens with one attached hydrogen (secondary N) is 1. The van der Waals surface area contributed by atoms with Crippen molar-refractivity contribution in [2.45, 2.75) is 32.8 Å². The SMILES string of the molecule is CCOC(Cc1cccnc1)(OCC)n1cncc(NC(=O)OCc2ccccc2)c1=O. The number of pyridine rings is 1. The molecule has 0 saturated carbocycles.